The van der Waals surface area contributed by atoms with Gasteiger partial charge in [0.2, 0.25) is 11.0 Å². The van der Waals surface area contributed by atoms with Crippen LogP contribution in [-0.2, 0) is 4.79 Å². The Morgan fingerprint density at radius 3 is 1.91 bits per heavy atom. The number of hydrogen-bond donors (Lipinski definition) is 3. The molecule has 0 bridgehead atoms. The highest BCUT2D eigenvalue weighted by Gasteiger charge is 2.23. The number of amides is 1. The quantitative estimate of drug-likeness (QED) is 0.362. The van der Waals surface area contributed by atoms with Crippen LogP contribution < -0.4 is 16.0 Å². The minimum atomic E-state index is -0.361. The van der Waals surface area contributed by atoms with Gasteiger partial charge < -0.3 is 16.0 Å². The van der Waals surface area contributed by atoms with Crippen molar-refractivity contribution in [2.75, 3.05) is 22.9 Å². The number of carbonyl (C=O) groups is 2. The molecule has 2 atom stereocenters. The summed E-state index contributed by atoms with van der Waals surface area (Å²) in [7, 11) is 0. The first-order chi connectivity index (χ1) is 16.0. The summed E-state index contributed by atoms with van der Waals surface area (Å²) in [5.41, 5.74) is 2.45. The zero-order valence-corrected chi connectivity index (χ0v) is 19.8. The van der Waals surface area contributed by atoms with Gasteiger partial charge in [-0.1, -0.05) is 92.3 Å². The Kier molecular flexibility index (Phi) is 9.54. The van der Waals surface area contributed by atoms with Gasteiger partial charge in [0.25, 0.3) is 0 Å². The fourth-order valence-corrected chi connectivity index (χ4v) is 4.25. The Bertz CT molecular complexity index is 998. The Morgan fingerprint density at radius 2 is 1.33 bits per heavy atom. The van der Waals surface area contributed by atoms with E-state index in [1.165, 1.54) is 11.8 Å². The third kappa shape index (κ3) is 8.08. The van der Waals surface area contributed by atoms with E-state index in [2.05, 4.69) is 16.0 Å². The topological polar surface area (TPSA) is 70.2 Å². The second-order valence-electron chi connectivity index (χ2n) is 8.16. The summed E-state index contributed by atoms with van der Waals surface area (Å²) in [5, 5.41) is 9.95. The minimum Gasteiger partial charge on any atom is -0.380 e. The van der Waals surface area contributed by atoms with Crippen molar-refractivity contribution >= 4 is 34.2 Å². The van der Waals surface area contributed by atoms with E-state index in [4.69, 9.17) is 0 Å². The Morgan fingerprint density at radius 1 is 0.788 bits per heavy atom. The zero-order chi connectivity index (χ0) is 23.5. The lowest BCUT2D eigenvalue weighted by molar-refractivity contribution is -0.119. The molecule has 3 rings (SSSR count). The van der Waals surface area contributed by atoms with E-state index in [0.717, 1.165) is 11.4 Å². The average Bonchev–Trinajstić information content (AvgIpc) is 2.84. The van der Waals surface area contributed by atoms with Crippen molar-refractivity contribution in [3.63, 3.8) is 0 Å². The maximum atomic E-state index is 12.9. The lowest BCUT2D eigenvalue weighted by Gasteiger charge is -2.26. The van der Waals surface area contributed by atoms with Crippen LogP contribution in [0.5, 0.6) is 0 Å². The highest BCUT2D eigenvalue weighted by Crippen LogP contribution is 2.17. The van der Waals surface area contributed by atoms with Crippen LogP contribution in [0.3, 0.4) is 0 Å². The van der Waals surface area contributed by atoms with Gasteiger partial charge in [0.05, 0.1) is 6.04 Å². The van der Waals surface area contributed by atoms with E-state index in [-0.39, 0.29) is 29.0 Å². The van der Waals surface area contributed by atoms with Gasteiger partial charge in [0, 0.05) is 35.3 Å². The van der Waals surface area contributed by atoms with E-state index in [9.17, 15) is 9.59 Å². The molecule has 5 nitrogen and oxygen atoms in total. The Labute approximate surface area is 200 Å². The van der Waals surface area contributed by atoms with E-state index >= 15 is 0 Å². The molecule has 0 heterocycles. The number of anilines is 2. The number of para-hydroxylation sites is 2. The second kappa shape index (κ2) is 12.8. The van der Waals surface area contributed by atoms with E-state index in [1.807, 2.05) is 105 Å². The van der Waals surface area contributed by atoms with Crippen LogP contribution in [0, 0.1) is 5.92 Å². The fraction of sp³-hybridized carbons (Fsp3) is 0.259. The SMILES string of the molecule is CC(C)[C@H](NC[C@@H](CSC(=O)c1ccccc1)Nc1ccccc1)C(=O)Nc1ccccc1. The smallest absolute Gasteiger partial charge is 0.241 e. The first kappa shape index (κ1) is 24.6. The maximum absolute atomic E-state index is 12.9. The molecule has 6 heteroatoms. The molecular formula is C27H31N3O2S. The third-order valence-corrected chi connectivity index (χ3v) is 6.21. The number of hydrogen-bond acceptors (Lipinski definition) is 5. The Balaban J connectivity index is 1.64. The van der Waals surface area contributed by atoms with Gasteiger partial charge in [0.15, 0.2) is 0 Å². The predicted octanol–water partition coefficient (Wildman–Crippen LogP) is 5.29. The molecule has 3 aromatic carbocycles. The van der Waals surface area contributed by atoms with Crippen LogP contribution in [0.4, 0.5) is 11.4 Å². The minimum absolute atomic E-state index is 0.0395. The first-order valence-electron chi connectivity index (χ1n) is 11.2. The van der Waals surface area contributed by atoms with Crippen molar-refractivity contribution < 1.29 is 9.59 Å². The van der Waals surface area contributed by atoms with Crippen molar-refractivity contribution in [2.45, 2.75) is 25.9 Å². The lowest BCUT2D eigenvalue weighted by atomic mass is 10.0. The monoisotopic (exact) mass is 461 g/mol. The van der Waals surface area contributed by atoms with Crippen LogP contribution in [0.15, 0.2) is 91.0 Å². The molecule has 0 aliphatic rings. The molecule has 0 aromatic heterocycles. The highest BCUT2D eigenvalue weighted by molar-refractivity contribution is 8.14. The highest BCUT2D eigenvalue weighted by atomic mass is 32.2. The van der Waals surface area contributed by atoms with Crippen LogP contribution in [0.2, 0.25) is 0 Å². The van der Waals surface area contributed by atoms with Gasteiger partial charge >= 0.3 is 0 Å². The number of nitrogens with one attached hydrogen (secondary N) is 3. The molecule has 172 valence electrons. The molecule has 0 aliphatic carbocycles. The normalized spacial score (nSPS) is 12.7. The van der Waals surface area contributed by atoms with Crippen molar-refractivity contribution in [3.8, 4) is 0 Å². The van der Waals surface area contributed by atoms with E-state index in [1.54, 1.807) is 0 Å². The molecule has 3 aromatic rings. The number of carbonyl (C=O) groups excluding carboxylic acids is 2. The summed E-state index contributed by atoms with van der Waals surface area (Å²) < 4.78 is 0. The Hall–Kier alpha value is -3.09. The summed E-state index contributed by atoms with van der Waals surface area (Å²) in [4.78, 5) is 25.5. The fourth-order valence-electron chi connectivity index (χ4n) is 3.40. The molecule has 3 N–H and O–H groups in total. The molecule has 0 aliphatic heterocycles. The first-order valence-corrected chi connectivity index (χ1v) is 12.1. The zero-order valence-electron chi connectivity index (χ0n) is 19.0. The van der Waals surface area contributed by atoms with Crippen molar-refractivity contribution in [1.82, 2.24) is 5.32 Å². The van der Waals surface area contributed by atoms with Gasteiger partial charge in [-0.15, -0.1) is 0 Å². The van der Waals surface area contributed by atoms with E-state index < -0.39 is 0 Å². The molecule has 0 unspecified atom stereocenters. The summed E-state index contributed by atoms with van der Waals surface area (Å²) in [5.74, 6) is 0.605. The largest absolute Gasteiger partial charge is 0.380 e. The number of thioether (sulfide) groups is 1. The standard InChI is InChI=1S/C27H31N3O2S/c1-20(2)25(26(31)30-23-16-10-5-11-17-23)28-18-24(29-22-14-8-4-9-15-22)19-33-27(32)21-12-6-3-7-13-21/h3-17,20,24-25,28-29H,18-19H2,1-2H3,(H,30,31)/t24-,25-/m0/s1. The molecule has 0 radical (unpaired) electrons. The van der Waals surface area contributed by atoms with Crippen molar-refractivity contribution in [1.29, 1.82) is 0 Å². The lowest BCUT2D eigenvalue weighted by Crippen LogP contribution is -2.48. The van der Waals surface area contributed by atoms with Crippen molar-refractivity contribution in [3.05, 3.63) is 96.6 Å². The maximum Gasteiger partial charge on any atom is 0.241 e. The van der Waals surface area contributed by atoms with Gasteiger partial charge in [-0.2, -0.15) is 0 Å². The van der Waals surface area contributed by atoms with Gasteiger partial charge in [0.1, 0.15) is 0 Å². The summed E-state index contributed by atoms with van der Waals surface area (Å²) in [6, 6.07) is 28.3. The number of benzene rings is 3. The van der Waals surface area contributed by atoms with Crippen LogP contribution in [0.25, 0.3) is 0 Å². The van der Waals surface area contributed by atoms with E-state index in [0.29, 0.717) is 17.9 Å². The molecule has 0 fully saturated rings. The summed E-state index contributed by atoms with van der Waals surface area (Å²) in [6.45, 7) is 4.58. The number of rotatable bonds is 11. The van der Waals surface area contributed by atoms with Crippen LogP contribution in [0.1, 0.15) is 24.2 Å². The van der Waals surface area contributed by atoms with Crippen LogP contribution in [-0.4, -0.2) is 35.4 Å². The molecule has 0 saturated heterocycles. The molecule has 0 saturated carbocycles. The van der Waals surface area contributed by atoms with Gasteiger partial charge in [-0.25, -0.2) is 0 Å². The third-order valence-electron chi connectivity index (χ3n) is 5.14. The summed E-state index contributed by atoms with van der Waals surface area (Å²) in [6.07, 6.45) is 0. The van der Waals surface area contributed by atoms with Crippen LogP contribution >= 0.6 is 11.8 Å². The average molecular weight is 462 g/mol. The predicted molar refractivity (Wildman–Crippen MR) is 139 cm³/mol. The molecular weight excluding hydrogens is 430 g/mol. The van der Waals surface area contributed by atoms with Gasteiger partial charge in [-0.05, 0) is 30.2 Å². The van der Waals surface area contributed by atoms with Crippen molar-refractivity contribution in [2.24, 2.45) is 5.92 Å². The molecule has 1 amide bonds. The second-order valence-corrected chi connectivity index (χ2v) is 9.15. The molecule has 0 spiro atoms. The summed E-state index contributed by atoms with van der Waals surface area (Å²) >= 11 is 1.29. The van der Waals surface area contributed by atoms with Gasteiger partial charge in [-0.3, -0.25) is 9.59 Å². The molecule has 33 heavy (non-hydrogen) atoms.